The lowest BCUT2D eigenvalue weighted by molar-refractivity contribution is -0.122. The smallest absolute Gasteiger partial charge is 0.243 e. The van der Waals surface area contributed by atoms with Gasteiger partial charge in [-0.25, -0.2) is 0 Å². The molecule has 0 bridgehead atoms. The molecule has 1 aromatic carbocycles. The lowest BCUT2D eigenvalue weighted by Gasteiger charge is -2.13. The predicted molar refractivity (Wildman–Crippen MR) is 80.2 cm³/mol. The van der Waals surface area contributed by atoms with Crippen LogP contribution in [0.25, 0.3) is 0 Å². The van der Waals surface area contributed by atoms with Crippen LogP contribution in [0.5, 0.6) is 5.75 Å². The molecule has 6 heteroatoms. The van der Waals surface area contributed by atoms with Crippen molar-refractivity contribution in [3.05, 3.63) is 29.8 Å². The first kappa shape index (κ1) is 17.4. The van der Waals surface area contributed by atoms with E-state index in [4.69, 9.17) is 15.2 Å². The Morgan fingerprint density at radius 1 is 1.48 bits per heavy atom. The van der Waals surface area contributed by atoms with Crippen molar-refractivity contribution in [2.45, 2.75) is 19.4 Å². The Balaban J connectivity index is 2.10. The Labute approximate surface area is 125 Å². The highest BCUT2D eigenvalue weighted by Gasteiger charge is 2.05. The van der Waals surface area contributed by atoms with Crippen molar-refractivity contribution in [2.75, 3.05) is 32.9 Å². The zero-order valence-electron chi connectivity index (χ0n) is 12.4. The van der Waals surface area contributed by atoms with Gasteiger partial charge >= 0.3 is 0 Å². The van der Waals surface area contributed by atoms with Crippen LogP contribution >= 0.6 is 0 Å². The van der Waals surface area contributed by atoms with Gasteiger partial charge in [0.05, 0.1) is 6.61 Å². The van der Waals surface area contributed by atoms with Gasteiger partial charge < -0.3 is 25.6 Å². The standard InChI is InChI=1S/C15H24N2O4/c1-2-12-4-3-5-14(8-12)21-10-13(18)9-17-6-7-20-11-15(16)19/h3-5,8,13,17-18H,2,6-7,9-11H2,1H3,(H2,16,19). The summed E-state index contributed by atoms with van der Waals surface area (Å²) in [4.78, 5) is 10.4. The van der Waals surface area contributed by atoms with Gasteiger partial charge in [0.2, 0.25) is 5.91 Å². The second-order valence-electron chi connectivity index (χ2n) is 4.69. The second-order valence-corrected chi connectivity index (χ2v) is 4.69. The van der Waals surface area contributed by atoms with Gasteiger partial charge in [0.1, 0.15) is 25.1 Å². The topological polar surface area (TPSA) is 93.8 Å². The maximum atomic E-state index is 10.4. The maximum Gasteiger partial charge on any atom is 0.243 e. The summed E-state index contributed by atoms with van der Waals surface area (Å²) in [7, 11) is 0. The van der Waals surface area contributed by atoms with E-state index in [9.17, 15) is 9.90 Å². The van der Waals surface area contributed by atoms with Crippen molar-refractivity contribution in [2.24, 2.45) is 5.73 Å². The van der Waals surface area contributed by atoms with Crippen LogP contribution < -0.4 is 15.8 Å². The molecule has 4 N–H and O–H groups in total. The third-order valence-electron chi connectivity index (χ3n) is 2.80. The van der Waals surface area contributed by atoms with Gasteiger partial charge in [0.15, 0.2) is 0 Å². The molecule has 1 amide bonds. The molecular weight excluding hydrogens is 272 g/mol. The van der Waals surface area contributed by atoms with Gasteiger partial charge in [-0.05, 0) is 24.1 Å². The van der Waals surface area contributed by atoms with Crippen LogP contribution in [-0.2, 0) is 16.0 Å². The highest BCUT2D eigenvalue weighted by Crippen LogP contribution is 2.13. The second kappa shape index (κ2) is 10.1. The lowest BCUT2D eigenvalue weighted by atomic mass is 10.2. The number of nitrogens with one attached hydrogen (secondary N) is 1. The molecule has 0 aromatic heterocycles. The number of ether oxygens (including phenoxy) is 2. The van der Waals surface area contributed by atoms with E-state index in [1.807, 2.05) is 24.3 Å². The van der Waals surface area contributed by atoms with E-state index in [0.29, 0.717) is 19.7 Å². The summed E-state index contributed by atoms with van der Waals surface area (Å²) < 4.78 is 10.5. The number of nitrogens with two attached hydrogens (primary N) is 1. The Hall–Kier alpha value is -1.63. The summed E-state index contributed by atoms with van der Waals surface area (Å²) in [5.41, 5.74) is 6.13. The van der Waals surface area contributed by atoms with Crippen LogP contribution in [0.3, 0.4) is 0 Å². The molecule has 21 heavy (non-hydrogen) atoms. The molecule has 0 saturated carbocycles. The summed E-state index contributed by atoms with van der Waals surface area (Å²) >= 11 is 0. The molecule has 1 atom stereocenters. The highest BCUT2D eigenvalue weighted by atomic mass is 16.5. The normalized spacial score (nSPS) is 12.1. The molecule has 0 fully saturated rings. The van der Waals surface area contributed by atoms with Crippen LogP contribution in [0.4, 0.5) is 0 Å². The first-order chi connectivity index (χ1) is 10.1. The SMILES string of the molecule is CCc1cccc(OCC(O)CNCCOCC(N)=O)c1. The van der Waals surface area contributed by atoms with E-state index in [1.54, 1.807) is 0 Å². The number of benzene rings is 1. The third-order valence-corrected chi connectivity index (χ3v) is 2.80. The van der Waals surface area contributed by atoms with Crippen molar-refractivity contribution < 1.29 is 19.4 Å². The van der Waals surface area contributed by atoms with E-state index >= 15 is 0 Å². The molecule has 0 radical (unpaired) electrons. The van der Waals surface area contributed by atoms with E-state index in [1.165, 1.54) is 5.56 Å². The molecule has 0 aliphatic rings. The first-order valence-electron chi connectivity index (χ1n) is 7.08. The van der Waals surface area contributed by atoms with Gasteiger partial charge in [-0.1, -0.05) is 19.1 Å². The summed E-state index contributed by atoms with van der Waals surface area (Å²) in [5.74, 6) is 0.274. The van der Waals surface area contributed by atoms with E-state index in [2.05, 4.69) is 12.2 Å². The lowest BCUT2D eigenvalue weighted by Crippen LogP contribution is -2.33. The van der Waals surface area contributed by atoms with Crippen LogP contribution in [0, 0.1) is 0 Å². The monoisotopic (exact) mass is 296 g/mol. The van der Waals surface area contributed by atoms with Crippen LogP contribution in [-0.4, -0.2) is 50.0 Å². The zero-order chi connectivity index (χ0) is 15.5. The summed E-state index contributed by atoms with van der Waals surface area (Å²) in [5, 5.41) is 12.8. The fourth-order valence-corrected chi connectivity index (χ4v) is 1.69. The van der Waals surface area contributed by atoms with Crippen molar-refractivity contribution in [3.8, 4) is 5.75 Å². The molecule has 0 spiro atoms. The number of hydrogen-bond donors (Lipinski definition) is 3. The van der Waals surface area contributed by atoms with Crippen LogP contribution in [0.1, 0.15) is 12.5 Å². The van der Waals surface area contributed by atoms with Crippen molar-refractivity contribution in [1.82, 2.24) is 5.32 Å². The van der Waals surface area contributed by atoms with E-state index in [-0.39, 0.29) is 13.2 Å². The number of aliphatic hydroxyl groups excluding tert-OH is 1. The molecule has 1 aromatic rings. The minimum absolute atomic E-state index is 0.0822. The van der Waals surface area contributed by atoms with Gasteiger partial charge in [-0.3, -0.25) is 4.79 Å². The predicted octanol–water partition coefficient (Wildman–Crippen LogP) is 0.0802. The van der Waals surface area contributed by atoms with Crippen molar-refractivity contribution in [3.63, 3.8) is 0 Å². The van der Waals surface area contributed by atoms with Gasteiger partial charge in [-0.2, -0.15) is 0 Å². The number of aliphatic hydroxyl groups is 1. The fourth-order valence-electron chi connectivity index (χ4n) is 1.69. The van der Waals surface area contributed by atoms with E-state index in [0.717, 1.165) is 12.2 Å². The van der Waals surface area contributed by atoms with Crippen molar-refractivity contribution in [1.29, 1.82) is 0 Å². The minimum Gasteiger partial charge on any atom is -0.491 e. The number of primary amides is 1. The Kier molecular flexibility index (Phi) is 8.42. The molecule has 6 nitrogen and oxygen atoms in total. The average molecular weight is 296 g/mol. The maximum absolute atomic E-state index is 10.4. The number of carbonyl (C=O) groups is 1. The molecule has 118 valence electrons. The number of amides is 1. The van der Waals surface area contributed by atoms with Gasteiger partial charge in [0.25, 0.3) is 0 Å². The molecule has 1 unspecified atom stereocenters. The Morgan fingerprint density at radius 2 is 2.29 bits per heavy atom. The van der Waals surface area contributed by atoms with Gasteiger partial charge in [-0.15, -0.1) is 0 Å². The largest absolute Gasteiger partial charge is 0.491 e. The third kappa shape index (κ3) is 8.29. The molecule has 0 heterocycles. The molecular formula is C15H24N2O4. The first-order valence-corrected chi connectivity index (χ1v) is 7.08. The minimum atomic E-state index is -0.605. The number of rotatable bonds is 11. The zero-order valence-corrected chi connectivity index (χ0v) is 12.4. The van der Waals surface area contributed by atoms with E-state index < -0.39 is 12.0 Å². The summed E-state index contributed by atoms with van der Waals surface area (Å²) in [6, 6.07) is 7.82. The summed E-state index contributed by atoms with van der Waals surface area (Å²) in [6.45, 7) is 3.53. The molecule has 0 aliphatic heterocycles. The quantitative estimate of drug-likeness (QED) is 0.503. The molecule has 1 rings (SSSR count). The van der Waals surface area contributed by atoms with Gasteiger partial charge in [0, 0.05) is 13.1 Å². The fraction of sp³-hybridized carbons (Fsp3) is 0.533. The Bertz CT molecular complexity index is 426. The number of hydrogen-bond acceptors (Lipinski definition) is 5. The van der Waals surface area contributed by atoms with Crippen LogP contribution in [0.15, 0.2) is 24.3 Å². The Morgan fingerprint density at radius 3 is 3.00 bits per heavy atom. The average Bonchev–Trinajstić information content (AvgIpc) is 2.48. The van der Waals surface area contributed by atoms with Crippen molar-refractivity contribution >= 4 is 5.91 Å². The molecule has 0 saturated heterocycles. The molecule has 0 aliphatic carbocycles. The van der Waals surface area contributed by atoms with Crippen LogP contribution in [0.2, 0.25) is 0 Å². The number of aryl methyl sites for hydroxylation is 1. The number of carbonyl (C=O) groups excluding carboxylic acids is 1. The highest BCUT2D eigenvalue weighted by molar-refractivity contribution is 5.74. The summed E-state index contributed by atoms with van der Waals surface area (Å²) in [6.07, 6.45) is 0.346.